The summed E-state index contributed by atoms with van der Waals surface area (Å²) in [4.78, 5) is 27.0. The molecule has 1 saturated carbocycles. The molecule has 0 unspecified atom stereocenters. The number of aromatic nitrogens is 4. The zero-order chi connectivity index (χ0) is 21.2. The van der Waals surface area contributed by atoms with E-state index in [1.165, 1.54) is 4.88 Å². The monoisotopic (exact) mass is 432 g/mol. The standard InChI is InChI=1S/C23H24N6OS/c1-2-18-12-19-20(31-18)14-25-23(28-19)27-16-7-6-15(11-16)26-21-9-8-17(13-24-21)29-10-4-3-5-22(29)30/h3-5,8-10,12-16H,2,6-7,11H2,1H3,(H,24,26)(H,25,27,28)/t15-,16-/m0/s1. The second-order valence-electron chi connectivity index (χ2n) is 7.82. The van der Waals surface area contributed by atoms with Gasteiger partial charge in [-0.15, -0.1) is 11.3 Å². The summed E-state index contributed by atoms with van der Waals surface area (Å²) in [7, 11) is 0. The van der Waals surface area contributed by atoms with Crippen molar-refractivity contribution in [2.24, 2.45) is 0 Å². The molecule has 2 atom stereocenters. The number of rotatable bonds is 6. The maximum absolute atomic E-state index is 12.0. The summed E-state index contributed by atoms with van der Waals surface area (Å²) in [6.07, 6.45) is 9.51. The SMILES string of the molecule is CCc1cc2nc(N[C@H]3CC[C@H](Nc4ccc(-n5ccccc5=O)cn4)C3)ncc2s1. The summed E-state index contributed by atoms with van der Waals surface area (Å²) in [6, 6.07) is 11.8. The summed E-state index contributed by atoms with van der Waals surface area (Å²) in [5.74, 6) is 1.52. The maximum atomic E-state index is 12.0. The fraction of sp³-hybridized carbons (Fsp3) is 0.304. The summed E-state index contributed by atoms with van der Waals surface area (Å²) >= 11 is 1.76. The molecule has 0 aromatic carbocycles. The van der Waals surface area contributed by atoms with E-state index in [1.54, 1.807) is 40.4 Å². The van der Waals surface area contributed by atoms with Crippen LogP contribution in [-0.2, 0) is 6.42 Å². The number of nitrogens with one attached hydrogen (secondary N) is 2. The van der Waals surface area contributed by atoms with Crippen LogP contribution in [0.3, 0.4) is 0 Å². The van der Waals surface area contributed by atoms with Gasteiger partial charge in [0.2, 0.25) is 5.95 Å². The molecule has 0 saturated heterocycles. The van der Waals surface area contributed by atoms with E-state index in [0.29, 0.717) is 18.0 Å². The highest BCUT2D eigenvalue weighted by Crippen LogP contribution is 2.27. The van der Waals surface area contributed by atoms with Gasteiger partial charge in [-0.3, -0.25) is 9.36 Å². The number of hydrogen-bond donors (Lipinski definition) is 2. The molecule has 0 amide bonds. The van der Waals surface area contributed by atoms with Crippen molar-refractivity contribution in [1.82, 2.24) is 19.5 Å². The lowest BCUT2D eigenvalue weighted by molar-refractivity contribution is 0.717. The molecule has 31 heavy (non-hydrogen) atoms. The molecule has 8 heteroatoms. The number of pyridine rings is 2. The van der Waals surface area contributed by atoms with E-state index in [0.717, 1.165) is 47.4 Å². The highest BCUT2D eigenvalue weighted by atomic mass is 32.1. The molecule has 0 bridgehead atoms. The Kier molecular flexibility index (Phi) is 5.38. The largest absolute Gasteiger partial charge is 0.367 e. The highest BCUT2D eigenvalue weighted by molar-refractivity contribution is 7.18. The molecule has 4 heterocycles. The molecule has 2 N–H and O–H groups in total. The first kappa shape index (κ1) is 19.7. The minimum absolute atomic E-state index is 0.0662. The Labute approximate surface area is 184 Å². The van der Waals surface area contributed by atoms with Gasteiger partial charge >= 0.3 is 0 Å². The number of fused-ring (bicyclic) bond motifs is 1. The Bertz CT molecular complexity index is 1250. The Balaban J connectivity index is 1.20. The van der Waals surface area contributed by atoms with Gasteiger partial charge < -0.3 is 10.6 Å². The molecule has 0 radical (unpaired) electrons. The second-order valence-corrected chi connectivity index (χ2v) is 8.98. The number of nitrogens with zero attached hydrogens (tertiary/aromatic N) is 4. The maximum Gasteiger partial charge on any atom is 0.255 e. The van der Waals surface area contributed by atoms with Gasteiger partial charge in [-0.25, -0.2) is 15.0 Å². The van der Waals surface area contributed by atoms with Crippen LogP contribution in [0.15, 0.2) is 59.8 Å². The number of thiophene rings is 1. The molecule has 4 aromatic rings. The average molecular weight is 433 g/mol. The van der Waals surface area contributed by atoms with Crippen molar-refractivity contribution in [2.75, 3.05) is 10.6 Å². The lowest BCUT2D eigenvalue weighted by atomic mass is 10.2. The first-order valence-electron chi connectivity index (χ1n) is 10.6. The van der Waals surface area contributed by atoms with Crippen LogP contribution in [0, 0.1) is 0 Å². The molecule has 5 rings (SSSR count). The van der Waals surface area contributed by atoms with E-state index >= 15 is 0 Å². The van der Waals surface area contributed by atoms with Crippen LogP contribution in [0.25, 0.3) is 15.9 Å². The van der Waals surface area contributed by atoms with Gasteiger partial charge in [0.25, 0.3) is 5.56 Å². The number of aryl methyl sites for hydroxylation is 1. The Morgan fingerprint density at radius 2 is 1.97 bits per heavy atom. The van der Waals surface area contributed by atoms with E-state index in [1.807, 2.05) is 24.4 Å². The average Bonchev–Trinajstić information content (AvgIpc) is 3.41. The molecule has 7 nitrogen and oxygen atoms in total. The minimum Gasteiger partial charge on any atom is -0.367 e. The summed E-state index contributed by atoms with van der Waals surface area (Å²) in [5.41, 5.74) is 1.71. The lowest BCUT2D eigenvalue weighted by Gasteiger charge is -2.15. The van der Waals surface area contributed by atoms with Crippen molar-refractivity contribution < 1.29 is 0 Å². The van der Waals surface area contributed by atoms with Crippen LogP contribution in [0.2, 0.25) is 0 Å². The fourth-order valence-corrected chi connectivity index (χ4v) is 4.93. The van der Waals surface area contributed by atoms with Crippen LogP contribution in [-0.4, -0.2) is 31.6 Å². The predicted octanol–water partition coefficient (Wildman–Crippen LogP) is 4.24. The summed E-state index contributed by atoms with van der Waals surface area (Å²) in [6.45, 7) is 2.16. The van der Waals surface area contributed by atoms with Crippen molar-refractivity contribution in [2.45, 2.75) is 44.7 Å². The van der Waals surface area contributed by atoms with E-state index in [4.69, 9.17) is 0 Å². The zero-order valence-corrected chi connectivity index (χ0v) is 18.1. The molecule has 1 fully saturated rings. The van der Waals surface area contributed by atoms with Gasteiger partial charge in [-0.05, 0) is 49.9 Å². The topological polar surface area (TPSA) is 84.7 Å². The highest BCUT2D eigenvalue weighted by Gasteiger charge is 2.25. The van der Waals surface area contributed by atoms with Crippen molar-refractivity contribution in [3.8, 4) is 5.69 Å². The van der Waals surface area contributed by atoms with Gasteiger partial charge in [0, 0.05) is 29.2 Å². The van der Waals surface area contributed by atoms with E-state index in [9.17, 15) is 4.79 Å². The van der Waals surface area contributed by atoms with Gasteiger partial charge in [0.1, 0.15) is 5.82 Å². The Hall–Kier alpha value is -3.26. The minimum atomic E-state index is -0.0662. The molecular weight excluding hydrogens is 408 g/mol. The van der Waals surface area contributed by atoms with Gasteiger partial charge in [0.05, 0.1) is 28.3 Å². The third-order valence-corrected chi connectivity index (χ3v) is 6.84. The molecule has 1 aliphatic rings. The zero-order valence-electron chi connectivity index (χ0n) is 17.3. The molecule has 0 spiro atoms. The van der Waals surface area contributed by atoms with Crippen LogP contribution in [0.5, 0.6) is 0 Å². The van der Waals surface area contributed by atoms with Crippen molar-refractivity contribution in [1.29, 1.82) is 0 Å². The summed E-state index contributed by atoms with van der Waals surface area (Å²) < 4.78 is 2.72. The van der Waals surface area contributed by atoms with Crippen LogP contribution < -0.4 is 16.2 Å². The molecule has 158 valence electrons. The first-order chi connectivity index (χ1) is 15.2. The van der Waals surface area contributed by atoms with Crippen molar-refractivity contribution in [3.63, 3.8) is 0 Å². The van der Waals surface area contributed by atoms with Crippen molar-refractivity contribution >= 4 is 33.3 Å². The van der Waals surface area contributed by atoms with Gasteiger partial charge in [-0.1, -0.05) is 13.0 Å². The Morgan fingerprint density at radius 1 is 1.10 bits per heavy atom. The number of anilines is 2. The molecule has 1 aliphatic carbocycles. The quantitative estimate of drug-likeness (QED) is 0.474. The van der Waals surface area contributed by atoms with Crippen LogP contribution >= 0.6 is 11.3 Å². The van der Waals surface area contributed by atoms with Crippen LogP contribution in [0.1, 0.15) is 31.1 Å². The van der Waals surface area contributed by atoms with E-state index in [2.05, 4.69) is 38.6 Å². The molecular formula is C23H24N6OS. The summed E-state index contributed by atoms with van der Waals surface area (Å²) in [5, 5.41) is 7.01. The Morgan fingerprint density at radius 3 is 2.74 bits per heavy atom. The van der Waals surface area contributed by atoms with Gasteiger partial charge in [-0.2, -0.15) is 0 Å². The third kappa shape index (κ3) is 4.29. The normalized spacial score (nSPS) is 18.4. The predicted molar refractivity (Wildman–Crippen MR) is 125 cm³/mol. The second kappa shape index (κ2) is 8.47. The van der Waals surface area contributed by atoms with Crippen molar-refractivity contribution in [3.05, 3.63) is 70.2 Å². The molecule has 4 aromatic heterocycles. The first-order valence-corrected chi connectivity index (χ1v) is 11.4. The number of hydrogen-bond acceptors (Lipinski definition) is 7. The van der Waals surface area contributed by atoms with Crippen LogP contribution in [0.4, 0.5) is 11.8 Å². The molecule has 0 aliphatic heterocycles. The van der Waals surface area contributed by atoms with E-state index in [-0.39, 0.29) is 5.56 Å². The smallest absolute Gasteiger partial charge is 0.255 e. The lowest BCUT2D eigenvalue weighted by Crippen LogP contribution is -2.22. The fourth-order valence-electron chi connectivity index (χ4n) is 4.02. The third-order valence-electron chi connectivity index (χ3n) is 5.64. The van der Waals surface area contributed by atoms with Gasteiger partial charge in [0.15, 0.2) is 0 Å². The van der Waals surface area contributed by atoms with E-state index < -0.39 is 0 Å².